The van der Waals surface area contributed by atoms with Gasteiger partial charge in [-0.15, -0.1) is 0 Å². The van der Waals surface area contributed by atoms with Gasteiger partial charge in [0, 0.05) is 17.1 Å². The number of nitrogens with zero attached hydrogens (tertiary/aromatic N) is 1. The SMILES string of the molecule is OC(c1cccc(F)c1F)c1ccnc2ccccc12. The Morgan fingerprint density at radius 1 is 0.900 bits per heavy atom. The van der Waals surface area contributed by atoms with Gasteiger partial charge in [0.05, 0.1) is 5.52 Å². The summed E-state index contributed by atoms with van der Waals surface area (Å²) in [6.07, 6.45) is 0.302. The average Bonchev–Trinajstić information content (AvgIpc) is 2.49. The maximum absolute atomic E-state index is 13.8. The summed E-state index contributed by atoms with van der Waals surface area (Å²) in [4.78, 5) is 4.18. The van der Waals surface area contributed by atoms with E-state index in [-0.39, 0.29) is 5.56 Å². The zero-order valence-corrected chi connectivity index (χ0v) is 10.4. The first-order chi connectivity index (χ1) is 9.68. The molecule has 0 saturated carbocycles. The van der Waals surface area contributed by atoms with Crippen LogP contribution in [0.1, 0.15) is 17.2 Å². The Kier molecular flexibility index (Phi) is 3.16. The highest BCUT2D eigenvalue weighted by atomic mass is 19.2. The fourth-order valence-electron chi connectivity index (χ4n) is 2.26. The topological polar surface area (TPSA) is 33.1 Å². The van der Waals surface area contributed by atoms with Gasteiger partial charge in [0.25, 0.3) is 0 Å². The Morgan fingerprint density at radius 3 is 2.55 bits per heavy atom. The molecule has 2 aromatic carbocycles. The molecule has 20 heavy (non-hydrogen) atoms. The second kappa shape index (κ2) is 4.98. The van der Waals surface area contributed by atoms with Gasteiger partial charge in [-0.25, -0.2) is 8.78 Å². The van der Waals surface area contributed by atoms with Gasteiger partial charge in [-0.3, -0.25) is 4.98 Å². The van der Waals surface area contributed by atoms with E-state index in [2.05, 4.69) is 4.98 Å². The number of para-hydroxylation sites is 1. The summed E-state index contributed by atoms with van der Waals surface area (Å²) in [7, 11) is 0. The Bertz CT molecular complexity index is 768. The summed E-state index contributed by atoms with van der Waals surface area (Å²) in [5.74, 6) is -2.00. The molecule has 4 heteroatoms. The van der Waals surface area contributed by atoms with E-state index in [4.69, 9.17) is 0 Å². The van der Waals surface area contributed by atoms with Crippen LogP contribution in [0.2, 0.25) is 0 Å². The molecule has 3 rings (SSSR count). The molecule has 0 radical (unpaired) electrons. The van der Waals surface area contributed by atoms with E-state index in [0.717, 1.165) is 6.07 Å². The molecule has 0 fully saturated rings. The van der Waals surface area contributed by atoms with Crippen LogP contribution in [-0.2, 0) is 0 Å². The summed E-state index contributed by atoms with van der Waals surface area (Å²) in [6, 6.07) is 12.6. The van der Waals surface area contributed by atoms with Gasteiger partial charge >= 0.3 is 0 Å². The number of pyridine rings is 1. The fraction of sp³-hybridized carbons (Fsp3) is 0.0625. The van der Waals surface area contributed by atoms with Crippen LogP contribution >= 0.6 is 0 Å². The molecule has 0 saturated heterocycles. The number of aromatic nitrogens is 1. The summed E-state index contributed by atoms with van der Waals surface area (Å²) < 4.78 is 27.1. The number of halogens is 2. The molecule has 1 N–H and O–H groups in total. The van der Waals surface area contributed by atoms with Crippen molar-refractivity contribution in [1.82, 2.24) is 4.98 Å². The monoisotopic (exact) mass is 271 g/mol. The van der Waals surface area contributed by atoms with Crippen molar-refractivity contribution in [3.05, 3.63) is 77.5 Å². The minimum atomic E-state index is -1.24. The Hall–Kier alpha value is -2.33. The molecule has 3 aromatic rings. The lowest BCUT2D eigenvalue weighted by Crippen LogP contribution is -2.05. The highest BCUT2D eigenvalue weighted by molar-refractivity contribution is 5.82. The Morgan fingerprint density at radius 2 is 1.70 bits per heavy atom. The molecular weight excluding hydrogens is 260 g/mol. The maximum atomic E-state index is 13.8. The standard InChI is InChI=1S/C16H11F2NO/c17-13-6-3-5-12(15(13)18)16(20)11-8-9-19-14-7-2-1-4-10(11)14/h1-9,16,20H. The Balaban J connectivity index is 2.18. The van der Waals surface area contributed by atoms with Crippen molar-refractivity contribution in [2.24, 2.45) is 0 Å². The van der Waals surface area contributed by atoms with Crippen LogP contribution in [0.4, 0.5) is 8.78 Å². The predicted octanol–water partition coefficient (Wildman–Crippen LogP) is 3.59. The van der Waals surface area contributed by atoms with E-state index in [1.54, 1.807) is 18.2 Å². The number of rotatable bonds is 2. The molecule has 1 heterocycles. The molecule has 0 aliphatic rings. The molecule has 0 aliphatic heterocycles. The first-order valence-electron chi connectivity index (χ1n) is 6.14. The molecule has 1 unspecified atom stereocenters. The highest BCUT2D eigenvalue weighted by Gasteiger charge is 2.19. The second-order valence-corrected chi connectivity index (χ2v) is 4.46. The van der Waals surface area contributed by atoms with Crippen molar-refractivity contribution in [3.63, 3.8) is 0 Å². The van der Waals surface area contributed by atoms with Crippen LogP contribution in [0.3, 0.4) is 0 Å². The smallest absolute Gasteiger partial charge is 0.164 e. The van der Waals surface area contributed by atoms with Crippen LogP contribution in [0.15, 0.2) is 54.7 Å². The molecule has 1 aromatic heterocycles. The predicted molar refractivity (Wildman–Crippen MR) is 72.2 cm³/mol. The molecule has 0 bridgehead atoms. The molecule has 100 valence electrons. The van der Waals surface area contributed by atoms with Gasteiger partial charge in [-0.1, -0.05) is 30.3 Å². The number of benzene rings is 2. The third kappa shape index (κ3) is 2.04. The van der Waals surface area contributed by atoms with Crippen LogP contribution in [-0.4, -0.2) is 10.1 Å². The Labute approximate surface area is 114 Å². The number of hydrogen-bond donors (Lipinski definition) is 1. The van der Waals surface area contributed by atoms with Crippen molar-refractivity contribution in [1.29, 1.82) is 0 Å². The third-order valence-corrected chi connectivity index (χ3v) is 3.25. The summed E-state index contributed by atoms with van der Waals surface area (Å²) in [5.41, 5.74) is 1.11. The molecule has 0 aliphatic carbocycles. The quantitative estimate of drug-likeness (QED) is 0.772. The number of fused-ring (bicyclic) bond motifs is 1. The highest BCUT2D eigenvalue weighted by Crippen LogP contribution is 2.29. The number of hydrogen-bond acceptors (Lipinski definition) is 2. The van der Waals surface area contributed by atoms with E-state index in [1.807, 2.05) is 12.1 Å². The van der Waals surface area contributed by atoms with Gasteiger partial charge in [0.15, 0.2) is 11.6 Å². The van der Waals surface area contributed by atoms with Gasteiger partial charge in [0.2, 0.25) is 0 Å². The van der Waals surface area contributed by atoms with Crippen LogP contribution in [0, 0.1) is 11.6 Å². The van der Waals surface area contributed by atoms with E-state index in [9.17, 15) is 13.9 Å². The minimum Gasteiger partial charge on any atom is -0.384 e. The summed E-state index contributed by atoms with van der Waals surface area (Å²) in [6.45, 7) is 0. The normalized spacial score (nSPS) is 12.6. The van der Waals surface area contributed by atoms with Crippen molar-refractivity contribution >= 4 is 10.9 Å². The summed E-state index contributed by atoms with van der Waals surface area (Å²) >= 11 is 0. The van der Waals surface area contributed by atoms with Crippen LogP contribution in [0.25, 0.3) is 10.9 Å². The van der Waals surface area contributed by atoms with Crippen molar-refractivity contribution in [2.75, 3.05) is 0 Å². The summed E-state index contributed by atoms with van der Waals surface area (Å²) in [5, 5.41) is 11.1. The zero-order chi connectivity index (χ0) is 14.1. The minimum absolute atomic E-state index is 0.0821. The molecule has 0 amide bonds. The lowest BCUT2D eigenvalue weighted by molar-refractivity contribution is 0.215. The lowest BCUT2D eigenvalue weighted by atomic mass is 9.98. The molecule has 1 atom stereocenters. The van der Waals surface area contributed by atoms with Crippen LogP contribution < -0.4 is 0 Å². The third-order valence-electron chi connectivity index (χ3n) is 3.25. The van der Waals surface area contributed by atoms with Gasteiger partial charge < -0.3 is 5.11 Å². The van der Waals surface area contributed by atoms with E-state index >= 15 is 0 Å². The first kappa shape index (κ1) is 12.7. The van der Waals surface area contributed by atoms with E-state index in [1.165, 1.54) is 18.3 Å². The molecule has 2 nitrogen and oxygen atoms in total. The number of aliphatic hydroxyl groups excluding tert-OH is 1. The second-order valence-electron chi connectivity index (χ2n) is 4.46. The average molecular weight is 271 g/mol. The van der Waals surface area contributed by atoms with Crippen molar-refractivity contribution in [2.45, 2.75) is 6.10 Å². The van der Waals surface area contributed by atoms with Gasteiger partial charge in [-0.2, -0.15) is 0 Å². The van der Waals surface area contributed by atoms with Crippen LogP contribution in [0.5, 0.6) is 0 Å². The van der Waals surface area contributed by atoms with E-state index < -0.39 is 17.7 Å². The largest absolute Gasteiger partial charge is 0.384 e. The molecule has 0 spiro atoms. The van der Waals surface area contributed by atoms with Crippen molar-refractivity contribution < 1.29 is 13.9 Å². The lowest BCUT2D eigenvalue weighted by Gasteiger charge is -2.14. The van der Waals surface area contributed by atoms with Crippen molar-refractivity contribution in [3.8, 4) is 0 Å². The number of aliphatic hydroxyl groups is 1. The van der Waals surface area contributed by atoms with Gasteiger partial charge in [0.1, 0.15) is 6.10 Å². The fourth-order valence-corrected chi connectivity index (χ4v) is 2.26. The maximum Gasteiger partial charge on any atom is 0.164 e. The first-order valence-corrected chi connectivity index (χ1v) is 6.14. The van der Waals surface area contributed by atoms with Gasteiger partial charge in [-0.05, 0) is 23.8 Å². The molecular formula is C16H11F2NO. The zero-order valence-electron chi connectivity index (χ0n) is 10.4. The van der Waals surface area contributed by atoms with E-state index in [0.29, 0.717) is 16.5 Å².